The summed E-state index contributed by atoms with van der Waals surface area (Å²) in [6, 6.07) is -0.786. The summed E-state index contributed by atoms with van der Waals surface area (Å²) in [7, 11) is 0. The van der Waals surface area contributed by atoms with Crippen LogP contribution in [0.5, 0.6) is 0 Å². The van der Waals surface area contributed by atoms with Gasteiger partial charge in [0.1, 0.15) is 11.7 Å². The summed E-state index contributed by atoms with van der Waals surface area (Å²) >= 11 is 0. The van der Waals surface area contributed by atoms with E-state index in [1.807, 2.05) is 0 Å². The van der Waals surface area contributed by atoms with Crippen molar-refractivity contribution < 1.29 is 14.7 Å². The van der Waals surface area contributed by atoms with Gasteiger partial charge in [-0.05, 0) is 12.8 Å². The number of carbonyl (C=O) groups excluding carboxylic acids is 1. The fourth-order valence-electron chi connectivity index (χ4n) is 1.87. The van der Waals surface area contributed by atoms with Gasteiger partial charge in [-0.1, -0.05) is 0 Å². The molecule has 1 atom stereocenters. The Kier molecular flexibility index (Phi) is 2.51. The van der Waals surface area contributed by atoms with E-state index in [0.29, 0.717) is 19.4 Å². The van der Waals surface area contributed by atoms with Crippen molar-refractivity contribution >= 4 is 11.9 Å². The van der Waals surface area contributed by atoms with Crippen LogP contribution in [0.15, 0.2) is 11.0 Å². The second kappa shape index (κ2) is 3.84. The van der Waals surface area contributed by atoms with Gasteiger partial charge in [-0.25, -0.2) is 9.59 Å². The van der Waals surface area contributed by atoms with Crippen LogP contribution in [-0.4, -0.2) is 44.4 Å². The van der Waals surface area contributed by atoms with Crippen LogP contribution in [0.4, 0.5) is 0 Å². The number of carboxylic acid groups (broad SMARTS) is 1. The molecule has 2 rings (SSSR count). The lowest BCUT2D eigenvalue weighted by molar-refractivity contribution is -0.141. The smallest absolute Gasteiger partial charge is 0.326 e. The molecule has 1 aliphatic rings. The molecule has 3 N–H and O–H groups in total. The van der Waals surface area contributed by atoms with Crippen molar-refractivity contribution in [2.24, 2.45) is 0 Å². The standard InChI is InChI=1S/C9H11N3O4/c13-7(5-4-10-9(16)11-5)12-3-1-2-6(12)8(14)15/h4,6H,1-3H2,(H,14,15)(H2,10,11,16). The van der Waals surface area contributed by atoms with Crippen molar-refractivity contribution in [1.82, 2.24) is 14.9 Å². The lowest BCUT2D eigenvalue weighted by atomic mass is 10.2. The number of aliphatic carboxylic acids is 1. The van der Waals surface area contributed by atoms with Crippen molar-refractivity contribution in [1.29, 1.82) is 0 Å². The molecule has 2 heterocycles. The van der Waals surface area contributed by atoms with Crippen LogP contribution < -0.4 is 5.69 Å². The van der Waals surface area contributed by atoms with E-state index in [0.717, 1.165) is 0 Å². The van der Waals surface area contributed by atoms with Gasteiger partial charge in [0.25, 0.3) is 5.91 Å². The summed E-state index contributed by atoms with van der Waals surface area (Å²) in [5.74, 6) is -1.47. The third-order valence-corrected chi connectivity index (χ3v) is 2.62. The van der Waals surface area contributed by atoms with E-state index in [2.05, 4.69) is 9.97 Å². The molecule has 0 bridgehead atoms. The summed E-state index contributed by atoms with van der Waals surface area (Å²) in [5, 5.41) is 8.91. The van der Waals surface area contributed by atoms with E-state index in [1.165, 1.54) is 11.1 Å². The third kappa shape index (κ3) is 1.71. The largest absolute Gasteiger partial charge is 0.480 e. The SMILES string of the molecule is O=C(O)C1CCCN1C(=O)c1c[nH]c(=O)[nH]1. The van der Waals surface area contributed by atoms with E-state index in [-0.39, 0.29) is 5.69 Å². The zero-order chi connectivity index (χ0) is 11.7. The van der Waals surface area contributed by atoms with Crippen LogP contribution in [0.2, 0.25) is 0 Å². The van der Waals surface area contributed by atoms with Crippen molar-refractivity contribution in [3.8, 4) is 0 Å². The van der Waals surface area contributed by atoms with Crippen molar-refractivity contribution in [3.63, 3.8) is 0 Å². The molecule has 1 fully saturated rings. The van der Waals surface area contributed by atoms with Gasteiger partial charge in [0, 0.05) is 12.7 Å². The number of aromatic amines is 2. The molecular weight excluding hydrogens is 214 g/mol. The van der Waals surface area contributed by atoms with E-state index in [4.69, 9.17) is 5.11 Å². The summed E-state index contributed by atoms with van der Waals surface area (Å²) in [5.41, 5.74) is -0.382. The number of amides is 1. The number of hydrogen-bond donors (Lipinski definition) is 3. The molecule has 1 unspecified atom stereocenters. The average Bonchev–Trinajstić information content (AvgIpc) is 2.84. The van der Waals surface area contributed by atoms with Gasteiger partial charge in [-0.2, -0.15) is 0 Å². The van der Waals surface area contributed by atoms with Crippen LogP contribution in [0.3, 0.4) is 0 Å². The minimum Gasteiger partial charge on any atom is -0.480 e. The second-order valence-electron chi connectivity index (χ2n) is 3.65. The van der Waals surface area contributed by atoms with E-state index >= 15 is 0 Å². The van der Waals surface area contributed by atoms with E-state index in [1.54, 1.807) is 0 Å². The quantitative estimate of drug-likeness (QED) is 0.624. The molecular formula is C9H11N3O4. The molecule has 7 heteroatoms. The first-order valence-electron chi connectivity index (χ1n) is 4.91. The monoisotopic (exact) mass is 225 g/mol. The molecule has 7 nitrogen and oxygen atoms in total. The van der Waals surface area contributed by atoms with Crippen molar-refractivity contribution in [2.45, 2.75) is 18.9 Å². The van der Waals surface area contributed by atoms with Gasteiger partial charge in [-0.15, -0.1) is 0 Å². The first-order chi connectivity index (χ1) is 7.59. The Morgan fingerprint density at radius 2 is 2.25 bits per heavy atom. The number of carboxylic acids is 1. The van der Waals surface area contributed by atoms with E-state index < -0.39 is 23.6 Å². The van der Waals surface area contributed by atoms with Crippen LogP contribution in [0.25, 0.3) is 0 Å². The lowest BCUT2D eigenvalue weighted by Crippen LogP contribution is -2.40. The van der Waals surface area contributed by atoms with Gasteiger partial charge in [0.2, 0.25) is 0 Å². The number of nitrogens with one attached hydrogen (secondary N) is 2. The number of H-pyrrole nitrogens is 2. The molecule has 0 radical (unpaired) electrons. The van der Waals surface area contributed by atoms with Gasteiger partial charge in [-0.3, -0.25) is 4.79 Å². The summed E-state index contributed by atoms with van der Waals surface area (Å²) in [6.45, 7) is 0.406. The number of nitrogens with zero attached hydrogens (tertiary/aromatic N) is 1. The Labute approximate surface area is 90.1 Å². The zero-order valence-corrected chi connectivity index (χ0v) is 8.40. The molecule has 0 saturated carbocycles. The maximum absolute atomic E-state index is 11.8. The van der Waals surface area contributed by atoms with E-state index in [9.17, 15) is 14.4 Å². The molecule has 1 aromatic rings. The Morgan fingerprint density at radius 1 is 1.50 bits per heavy atom. The van der Waals surface area contributed by atoms with Gasteiger partial charge in [0.15, 0.2) is 0 Å². The average molecular weight is 225 g/mol. The first kappa shape index (κ1) is 10.5. The number of aromatic nitrogens is 2. The van der Waals surface area contributed by atoms with Crippen molar-refractivity contribution in [2.75, 3.05) is 6.54 Å². The van der Waals surface area contributed by atoms with Crippen molar-refractivity contribution in [3.05, 3.63) is 22.4 Å². The molecule has 0 aromatic carbocycles. The Hall–Kier alpha value is -2.05. The summed E-state index contributed by atoms with van der Waals surface area (Å²) in [4.78, 5) is 39.4. The zero-order valence-electron chi connectivity index (χ0n) is 8.40. The van der Waals surface area contributed by atoms with Crippen LogP contribution in [0.1, 0.15) is 23.3 Å². The minimum atomic E-state index is -1.01. The first-order valence-corrected chi connectivity index (χ1v) is 4.91. The van der Waals surface area contributed by atoms with Gasteiger partial charge >= 0.3 is 11.7 Å². The Bertz CT molecular complexity index is 475. The lowest BCUT2D eigenvalue weighted by Gasteiger charge is -2.20. The summed E-state index contributed by atoms with van der Waals surface area (Å²) in [6.07, 6.45) is 2.37. The number of likely N-dealkylation sites (tertiary alicyclic amines) is 1. The molecule has 0 aliphatic carbocycles. The molecule has 1 amide bonds. The third-order valence-electron chi connectivity index (χ3n) is 2.62. The highest BCUT2D eigenvalue weighted by Gasteiger charge is 2.34. The van der Waals surface area contributed by atoms with Gasteiger partial charge in [0.05, 0.1) is 0 Å². The predicted molar refractivity (Wildman–Crippen MR) is 53.1 cm³/mol. The normalized spacial score (nSPS) is 20.0. The highest BCUT2D eigenvalue weighted by atomic mass is 16.4. The van der Waals surface area contributed by atoms with Crippen LogP contribution >= 0.6 is 0 Å². The molecule has 86 valence electrons. The fraction of sp³-hybridized carbons (Fsp3) is 0.444. The highest BCUT2D eigenvalue weighted by Crippen LogP contribution is 2.19. The molecule has 1 aromatic heterocycles. The number of rotatable bonds is 2. The maximum atomic E-state index is 11.8. The topological polar surface area (TPSA) is 106 Å². The Morgan fingerprint density at radius 3 is 2.81 bits per heavy atom. The van der Waals surface area contributed by atoms with Crippen LogP contribution in [-0.2, 0) is 4.79 Å². The van der Waals surface area contributed by atoms with Gasteiger partial charge < -0.3 is 20.0 Å². The Balaban J connectivity index is 2.21. The fourth-order valence-corrected chi connectivity index (χ4v) is 1.87. The maximum Gasteiger partial charge on any atom is 0.326 e. The highest BCUT2D eigenvalue weighted by molar-refractivity contribution is 5.95. The predicted octanol–water partition coefficient (Wildman–Crippen LogP) is -0.608. The van der Waals surface area contributed by atoms with Crippen LogP contribution in [0, 0.1) is 0 Å². The molecule has 16 heavy (non-hydrogen) atoms. The minimum absolute atomic E-state index is 0.0955. The number of carbonyl (C=O) groups is 2. The molecule has 0 spiro atoms. The number of hydrogen-bond acceptors (Lipinski definition) is 3. The number of imidazole rings is 1. The second-order valence-corrected chi connectivity index (χ2v) is 3.65. The molecule has 1 aliphatic heterocycles. The molecule has 1 saturated heterocycles. The summed E-state index contributed by atoms with van der Waals surface area (Å²) < 4.78 is 0.